The number of rotatable bonds is 10. The number of nitrogens with two attached hydrogens (primary N) is 1. The number of nitrogens with one attached hydrogen (secondary N) is 1. The van der Waals surface area contributed by atoms with Crippen LogP contribution in [0.2, 0.25) is 0 Å². The number of pyridine rings is 2. The van der Waals surface area contributed by atoms with Crippen LogP contribution in [-0.2, 0) is 44.2 Å². The number of ether oxygens (including phenoxy) is 3. The van der Waals surface area contributed by atoms with Crippen LogP contribution in [0.1, 0.15) is 55.9 Å². The van der Waals surface area contributed by atoms with Crippen LogP contribution in [0.25, 0.3) is 22.3 Å². The average molecular weight is 569 g/mol. The van der Waals surface area contributed by atoms with E-state index in [1.165, 1.54) is 6.07 Å². The van der Waals surface area contributed by atoms with Crippen molar-refractivity contribution in [3.05, 3.63) is 56.6 Å². The molecule has 1 amide bonds. The Kier molecular flexibility index (Phi) is 7.82. The topological polar surface area (TPSA) is 155 Å². The molecule has 0 saturated heterocycles. The minimum atomic E-state index is -1.92. The summed E-state index contributed by atoms with van der Waals surface area (Å²) in [6, 6.07) is 3.95. The van der Waals surface area contributed by atoms with E-state index in [-0.39, 0.29) is 61.3 Å². The number of aliphatic hydroxyl groups is 1. The third-order valence-corrected chi connectivity index (χ3v) is 7.67. The third-order valence-electron chi connectivity index (χ3n) is 7.67. The SMILES string of the molecule is CCc1c2c(nc3cc(F)c(OCCCOCNC(=O)[C@H](C)N)cc13)-c1cc3c(c(=O)n1C2)COC(=O)[C@]3(O)CC. The van der Waals surface area contributed by atoms with Crippen molar-refractivity contribution in [2.75, 3.05) is 19.9 Å². The summed E-state index contributed by atoms with van der Waals surface area (Å²) in [5.74, 6) is -1.61. The van der Waals surface area contributed by atoms with Crippen LogP contribution in [0.5, 0.6) is 5.75 Å². The monoisotopic (exact) mass is 568 g/mol. The molecule has 5 rings (SSSR count). The van der Waals surface area contributed by atoms with Crippen LogP contribution in [0.3, 0.4) is 0 Å². The largest absolute Gasteiger partial charge is 0.490 e. The number of carbonyl (C=O) groups excluding carboxylic acids is 2. The van der Waals surface area contributed by atoms with Crippen molar-refractivity contribution < 1.29 is 33.3 Å². The Balaban J connectivity index is 1.41. The Labute approximate surface area is 235 Å². The molecule has 4 N–H and O–H groups in total. The van der Waals surface area contributed by atoms with E-state index in [4.69, 9.17) is 24.9 Å². The number of nitrogens with zero attached hydrogens (tertiary/aromatic N) is 2. The molecule has 12 heteroatoms. The van der Waals surface area contributed by atoms with E-state index >= 15 is 4.39 Å². The van der Waals surface area contributed by atoms with Gasteiger partial charge in [-0.3, -0.25) is 9.59 Å². The number of cyclic esters (lactones) is 1. The van der Waals surface area contributed by atoms with Gasteiger partial charge in [0.25, 0.3) is 5.56 Å². The molecule has 0 radical (unpaired) electrons. The minimum absolute atomic E-state index is 0.0247. The molecule has 2 atom stereocenters. The van der Waals surface area contributed by atoms with Crippen LogP contribution in [0.4, 0.5) is 4.39 Å². The number of benzene rings is 1. The van der Waals surface area contributed by atoms with Crippen molar-refractivity contribution >= 4 is 22.8 Å². The van der Waals surface area contributed by atoms with Gasteiger partial charge in [-0.05, 0) is 37.5 Å². The number of hydrogen-bond donors (Lipinski definition) is 3. The third kappa shape index (κ3) is 4.96. The van der Waals surface area contributed by atoms with Crippen LogP contribution in [-0.4, -0.2) is 52.5 Å². The van der Waals surface area contributed by atoms with Gasteiger partial charge in [0.05, 0.1) is 48.3 Å². The molecule has 0 aliphatic carbocycles. The zero-order valence-electron chi connectivity index (χ0n) is 23.2. The normalized spacial score (nSPS) is 18.0. The number of aromatic nitrogens is 2. The van der Waals surface area contributed by atoms with Gasteiger partial charge in [-0.2, -0.15) is 0 Å². The molecular formula is C29H33FN4O7. The minimum Gasteiger partial charge on any atom is -0.490 e. The smallest absolute Gasteiger partial charge is 0.343 e. The van der Waals surface area contributed by atoms with E-state index in [1.807, 2.05) is 6.92 Å². The molecular weight excluding hydrogens is 535 g/mol. The molecule has 0 spiro atoms. The number of aryl methyl sites for hydroxylation is 1. The number of halogens is 1. The summed E-state index contributed by atoms with van der Waals surface area (Å²) in [5.41, 5.74) is 6.81. The lowest BCUT2D eigenvalue weighted by Gasteiger charge is -2.31. The van der Waals surface area contributed by atoms with Crippen molar-refractivity contribution in [1.29, 1.82) is 0 Å². The lowest BCUT2D eigenvalue weighted by Crippen LogP contribution is -2.44. The Morgan fingerprint density at radius 3 is 2.76 bits per heavy atom. The van der Waals surface area contributed by atoms with Gasteiger partial charge < -0.3 is 34.9 Å². The summed E-state index contributed by atoms with van der Waals surface area (Å²) < 4.78 is 32.8. The van der Waals surface area contributed by atoms with Crippen molar-refractivity contribution in [2.45, 2.75) is 64.8 Å². The first-order chi connectivity index (χ1) is 19.6. The van der Waals surface area contributed by atoms with Crippen molar-refractivity contribution in [3.63, 3.8) is 0 Å². The van der Waals surface area contributed by atoms with Crippen LogP contribution in [0.15, 0.2) is 23.0 Å². The average Bonchev–Trinajstić information content (AvgIpc) is 3.32. The fourth-order valence-corrected chi connectivity index (χ4v) is 5.38. The molecule has 0 fully saturated rings. The highest BCUT2D eigenvalue weighted by Gasteiger charge is 2.45. The van der Waals surface area contributed by atoms with Gasteiger partial charge in [0.2, 0.25) is 5.91 Å². The highest BCUT2D eigenvalue weighted by molar-refractivity contribution is 5.90. The molecule has 41 heavy (non-hydrogen) atoms. The van der Waals surface area contributed by atoms with E-state index in [1.54, 1.807) is 30.5 Å². The second kappa shape index (κ2) is 11.2. The molecule has 11 nitrogen and oxygen atoms in total. The molecule has 0 saturated carbocycles. The first kappa shape index (κ1) is 28.7. The number of carbonyl (C=O) groups is 2. The summed E-state index contributed by atoms with van der Waals surface area (Å²) in [6.45, 7) is 5.75. The maximum atomic E-state index is 15.1. The number of esters is 1. The van der Waals surface area contributed by atoms with Gasteiger partial charge in [0.1, 0.15) is 13.3 Å². The van der Waals surface area contributed by atoms with Crippen LogP contribution >= 0.6 is 0 Å². The van der Waals surface area contributed by atoms with Crippen molar-refractivity contribution in [3.8, 4) is 17.1 Å². The molecule has 2 aromatic heterocycles. The molecule has 2 aliphatic rings. The Morgan fingerprint density at radius 1 is 1.27 bits per heavy atom. The number of fused-ring (bicyclic) bond motifs is 5. The van der Waals surface area contributed by atoms with Crippen LogP contribution in [0, 0.1) is 5.82 Å². The second-order valence-electron chi connectivity index (χ2n) is 10.3. The molecule has 2 aliphatic heterocycles. The van der Waals surface area contributed by atoms with E-state index in [0.717, 1.165) is 11.1 Å². The molecule has 0 bridgehead atoms. The molecule has 1 aromatic carbocycles. The van der Waals surface area contributed by atoms with Gasteiger partial charge in [0, 0.05) is 29.0 Å². The lowest BCUT2D eigenvalue weighted by atomic mass is 9.86. The molecule has 4 heterocycles. The van der Waals surface area contributed by atoms with E-state index in [9.17, 15) is 19.5 Å². The van der Waals surface area contributed by atoms with Gasteiger partial charge in [0.15, 0.2) is 17.2 Å². The summed E-state index contributed by atoms with van der Waals surface area (Å²) >= 11 is 0. The van der Waals surface area contributed by atoms with Gasteiger partial charge in [-0.15, -0.1) is 0 Å². The molecule has 3 aromatic rings. The predicted octanol–water partition coefficient (Wildman–Crippen LogP) is 1.99. The maximum absolute atomic E-state index is 15.1. The maximum Gasteiger partial charge on any atom is 0.343 e. The summed E-state index contributed by atoms with van der Waals surface area (Å²) in [5, 5.41) is 14.3. The first-order valence-corrected chi connectivity index (χ1v) is 13.7. The fraction of sp³-hybridized carbons (Fsp3) is 0.448. The number of amides is 1. The van der Waals surface area contributed by atoms with Gasteiger partial charge in [-0.1, -0.05) is 13.8 Å². The zero-order chi connectivity index (χ0) is 29.5. The van der Waals surface area contributed by atoms with Gasteiger partial charge in [-0.25, -0.2) is 14.2 Å². The molecule has 0 unspecified atom stereocenters. The van der Waals surface area contributed by atoms with Crippen molar-refractivity contribution in [2.24, 2.45) is 5.73 Å². The Morgan fingerprint density at radius 2 is 2.05 bits per heavy atom. The van der Waals surface area contributed by atoms with E-state index in [2.05, 4.69) is 5.32 Å². The van der Waals surface area contributed by atoms with E-state index < -0.39 is 23.4 Å². The standard InChI is InChI=1S/C29H33FN4O7/c1-4-16-17-9-24(40-8-6-7-39-14-32-26(35)15(3)31)21(30)11-22(17)33-25-18(16)12-34-23(25)10-20-19(27(34)36)13-41-28(37)29(20,38)5-2/h9-11,15,38H,4-8,12-14,31H2,1-3H3,(H,32,35)/t15-,29-/m0/s1. The van der Waals surface area contributed by atoms with Gasteiger partial charge >= 0.3 is 5.97 Å². The van der Waals surface area contributed by atoms with Crippen molar-refractivity contribution in [1.82, 2.24) is 14.9 Å². The summed E-state index contributed by atoms with van der Waals surface area (Å²) in [6.07, 6.45) is 1.11. The second-order valence-corrected chi connectivity index (χ2v) is 10.3. The highest BCUT2D eigenvalue weighted by Crippen LogP contribution is 2.41. The zero-order valence-corrected chi connectivity index (χ0v) is 23.2. The van der Waals surface area contributed by atoms with E-state index in [0.29, 0.717) is 41.7 Å². The summed E-state index contributed by atoms with van der Waals surface area (Å²) in [7, 11) is 0. The summed E-state index contributed by atoms with van der Waals surface area (Å²) in [4.78, 5) is 42.1. The Hall–Kier alpha value is -3.87. The Bertz CT molecular complexity index is 1600. The number of hydrogen-bond acceptors (Lipinski definition) is 9. The molecule has 218 valence electrons. The lowest BCUT2D eigenvalue weighted by molar-refractivity contribution is -0.172. The van der Waals surface area contributed by atoms with Crippen LogP contribution < -0.4 is 21.3 Å². The quantitative estimate of drug-likeness (QED) is 0.148. The highest BCUT2D eigenvalue weighted by atomic mass is 19.1. The fourth-order valence-electron chi connectivity index (χ4n) is 5.38. The first-order valence-electron chi connectivity index (χ1n) is 13.7. The predicted molar refractivity (Wildman–Crippen MR) is 147 cm³/mol.